The molecule has 3 aromatic carbocycles. The summed E-state index contributed by atoms with van der Waals surface area (Å²) in [5, 5.41) is 13.4. The lowest BCUT2D eigenvalue weighted by molar-refractivity contribution is 0.638. The molecule has 4 heterocycles. The third-order valence-corrected chi connectivity index (χ3v) is 9.79. The first-order valence-electron chi connectivity index (χ1n) is 16.0. The van der Waals surface area contributed by atoms with Crippen molar-refractivity contribution in [2.45, 2.75) is 78.1 Å². The second-order valence-corrected chi connectivity index (χ2v) is 12.6. The van der Waals surface area contributed by atoms with E-state index in [4.69, 9.17) is 4.37 Å². The van der Waals surface area contributed by atoms with Gasteiger partial charge in [-0.2, -0.15) is 4.37 Å². The Balaban J connectivity index is 1.29. The van der Waals surface area contributed by atoms with Crippen LogP contribution in [0.2, 0.25) is 0 Å². The van der Waals surface area contributed by atoms with Crippen molar-refractivity contribution in [1.29, 1.82) is 0 Å². The van der Waals surface area contributed by atoms with Crippen LogP contribution in [0.1, 0.15) is 76.3 Å². The number of aromatic nitrogens is 5. The molecule has 2 aliphatic heterocycles. The van der Waals surface area contributed by atoms with E-state index in [2.05, 4.69) is 79.8 Å². The van der Waals surface area contributed by atoms with Gasteiger partial charge < -0.3 is 9.80 Å². The van der Waals surface area contributed by atoms with Gasteiger partial charge in [-0.05, 0) is 90.3 Å². The molecule has 0 unspecified atom stereocenters. The first-order valence-corrected chi connectivity index (χ1v) is 16.8. The minimum absolute atomic E-state index is 0.839. The van der Waals surface area contributed by atoms with Crippen LogP contribution in [0.15, 0.2) is 36.4 Å². The average molecular weight is 580 g/mol. The third-order valence-electron chi connectivity index (χ3n) is 9.22. The van der Waals surface area contributed by atoms with Gasteiger partial charge in [0.2, 0.25) is 0 Å². The van der Waals surface area contributed by atoms with Crippen LogP contribution in [0, 0.1) is 0 Å². The highest BCUT2D eigenvalue weighted by atomic mass is 32.1. The van der Waals surface area contributed by atoms with Gasteiger partial charge in [-0.1, -0.05) is 51.7 Å². The molecule has 0 spiro atoms. The highest BCUT2D eigenvalue weighted by Gasteiger charge is 2.25. The number of fused-ring (bicyclic) bond motifs is 4. The number of benzene rings is 3. The zero-order chi connectivity index (χ0) is 28.5. The summed E-state index contributed by atoms with van der Waals surface area (Å²) < 4.78 is 8.42. The molecule has 42 heavy (non-hydrogen) atoms. The lowest BCUT2D eigenvalue weighted by atomic mass is 9.91. The van der Waals surface area contributed by atoms with Crippen molar-refractivity contribution in [3.63, 3.8) is 0 Å². The van der Waals surface area contributed by atoms with Crippen molar-refractivity contribution in [2.24, 2.45) is 0 Å². The van der Waals surface area contributed by atoms with Gasteiger partial charge in [0.25, 0.3) is 0 Å². The van der Waals surface area contributed by atoms with Gasteiger partial charge in [0.05, 0.1) is 5.52 Å². The van der Waals surface area contributed by atoms with E-state index >= 15 is 0 Å². The zero-order valence-electron chi connectivity index (χ0n) is 25.0. The van der Waals surface area contributed by atoms with Crippen LogP contribution in [0.25, 0.3) is 44.3 Å². The fourth-order valence-electron chi connectivity index (χ4n) is 7.11. The molecule has 0 fully saturated rings. The van der Waals surface area contributed by atoms with Gasteiger partial charge in [0, 0.05) is 60.4 Å². The Morgan fingerprint density at radius 2 is 1.29 bits per heavy atom. The Morgan fingerprint density at radius 3 is 1.88 bits per heavy atom. The summed E-state index contributed by atoms with van der Waals surface area (Å²) in [4.78, 5) is 5.16. The van der Waals surface area contributed by atoms with E-state index in [1.165, 1.54) is 85.6 Å². The molecule has 0 amide bonds. The van der Waals surface area contributed by atoms with Crippen LogP contribution >= 0.6 is 11.7 Å². The molecule has 2 aromatic heterocycles. The standard InChI is InChI=1S/C34H41N7S/c1-3-5-7-17-40-19-9-11-23-21-25(13-15-27(23)40)29-31-32(36-39-35-31)30(34-33(29)37-42-38-34)26-14-16-28-24(22-26)12-10-20-41(28)18-8-6-4-2/h13-16,21-22,37H,3-12,17-20H2,1-2H3. The molecule has 0 bridgehead atoms. The van der Waals surface area contributed by atoms with Gasteiger partial charge in [-0.15, -0.1) is 10.2 Å². The van der Waals surface area contributed by atoms with Crippen LogP contribution in [0.3, 0.4) is 0 Å². The van der Waals surface area contributed by atoms with E-state index in [-0.39, 0.29) is 0 Å². The van der Waals surface area contributed by atoms with Crippen LogP contribution in [-0.4, -0.2) is 50.3 Å². The molecule has 1 N–H and O–H groups in total. The topological polar surface area (TPSA) is 73.8 Å². The van der Waals surface area contributed by atoms with Gasteiger partial charge in [-0.3, -0.25) is 4.37 Å². The largest absolute Gasteiger partial charge is 0.371 e. The molecule has 0 saturated carbocycles. The van der Waals surface area contributed by atoms with Crippen molar-refractivity contribution in [1.82, 2.24) is 24.2 Å². The van der Waals surface area contributed by atoms with Crippen molar-refractivity contribution in [3.05, 3.63) is 47.5 Å². The molecule has 0 aliphatic carbocycles. The molecule has 0 radical (unpaired) electrons. The summed E-state index contributed by atoms with van der Waals surface area (Å²) in [7, 11) is 0. The van der Waals surface area contributed by atoms with E-state index in [0.717, 1.165) is 83.3 Å². The minimum atomic E-state index is 0.839. The number of anilines is 2. The van der Waals surface area contributed by atoms with Gasteiger partial charge >= 0.3 is 0 Å². The Morgan fingerprint density at radius 1 is 0.714 bits per heavy atom. The maximum atomic E-state index is 4.90. The highest BCUT2D eigenvalue weighted by Crippen LogP contribution is 2.43. The molecular weight excluding hydrogens is 538 g/mol. The monoisotopic (exact) mass is 579 g/mol. The van der Waals surface area contributed by atoms with Crippen LogP contribution < -0.4 is 9.80 Å². The second kappa shape index (κ2) is 12.0. The maximum absolute atomic E-state index is 4.90. The van der Waals surface area contributed by atoms with E-state index in [1.54, 1.807) is 0 Å². The van der Waals surface area contributed by atoms with Crippen LogP contribution in [0.4, 0.5) is 11.4 Å². The Hall–Kier alpha value is -3.52. The van der Waals surface area contributed by atoms with E-state index in [9.17, 15) is 0 Å². The number of aromatic amines is 1. The van der Waals surface area contributed by atoms with Gasteiger partial charge in [-0.25, -0.2) is 0 Å². The number of aryl methyl sites for hydroxylation is 2. The Kier molecular flexibility index (Phi) is 7.80. The molecule has 0 atom stereocenters. The first kappa shape index (κ1) is 27.3. The number of hydrogen-bond acceptors (Lipinski definition) is 7. The van der Waals surface area contributed by atoms with Crippen molar-refractivity contribution >= 4 is 45.2 Å². The Labute approximate surface area is 252 Å². The summed E-state index contributed by atoms with van der Waals surface area (Å²) in [5.41, 5.74) is 13.7. The quantitative estimate of drug-likeness (QED) is 0.168. The summed E-state index contributed by atoms with van der Waals surface area (Å²) >= 11 is 1.40. The number of nitrogens with zero attached hydrogens (tertiary/aromatic N) is 6. The average Bonchev–Trinajstić information content (AvgIpc) is 3.70. The molecule has 2 aliphatic rings. The smallest absolute Gasteiger partial charge is 0.126 e. The number of unbranched alkanes of at least 4 members (excludes halogenated alkanes) is 4. The SMILES string of the molecule is CCCCCN1CCCc2cc(-c3c4nnnc4c(-c4ccc5c(c4)CCCN5CCCCC)c4[nH]snc34)ccc21. The zero-order valence-corrected chi connectivity index (χ0v) is 25.8. The molecular formula is C34H41N7S. The second-order valence-electron chi connectivity index (χ2n) is 12.0. The van der Waals surface area contributed by atoms with E-state index in [1.807, 2.05) is 0 Å². The fraction of sp³-hybridized carbons (Fsp3) is 0.471. The molecule has 5 aromatic rings. The third kappa shape index (κ3) is 4.93. The molecule has 7 nitrogen and oxygen atoms in total. The van der Waals surface area contributed by atoms with Crippen LogP contribution in [0.5, 0.6) is 0 Å². The molecule has 218 valence electrons. The summed E-state index contributed by atoms with van der Waals surface area (Å²) in [5.74, 6) is 0. The summed E-state index contributed by atoms with van der Waals surface area (Å²) in [6.45, 7) is 9.12. The Bertz CT molecular complexity index is 1530. The summed E-state index contributed by atoms with van der Waals surface area (Å²) in [6, 6.07) is 13.9. The van der Waals surface area contributed by atoms with Gasteiger partial charge in [0.15, 0.2) is 0 Å². The molecule has 8 heteroatoms. The maximum Gasteiger partial charge on any atom is 0.126 e. The summed E-state index contributed by atoms with van der Waals surface area (Å²) in [6.07, 6.45) is 12.2. The minimum Gasteiger partial charge on any atom is -0.371 e. The predicted molar refractivity (Wildman–Crippen MR) is 176 cm³/mol. The highest BCUT2D eigenvalue weighted by molar-refractivity contribution is 7.00. The molecule has 0 saturated heterocycles. The van der Waals surface area contributed by atoms with Crippen molar-refractivity contribution < 1.29 is 0 Å². The number of hydrogen-bond donors (Lipinski definition) is 1. The number of H-pyrrole nitrogens is 1. The van der Waals surface area contributed by atoms with Gasteiger partial charge in [0.1, 0.15) is 16.6 Å². The molecule has 7 rings (SSSR count). The van der Waals surface area contributed by atoms with E-state index in [0.29, 0.717) is 0 Å². The lowest BCUT2D eigenvalue weighted by Gasteiger charge is -2.32. The van der Waals surface area contributed by atoms with Crippen molar-refractivity contribution in [3.8, 4) is 22.3 Å². The first-order chi connectivity index (χ1) is 20.8. The van der Waals surface area contributed by atoms with Crippen molar-refractivity contribution in [2.75, 3.05) is 36.0 Å². The number of rotatable bonds is 10. The fourth-order valence-corrected chi connectivity index (χ4v) is 7.72. The lowest BCUT2D eigenvalue weighted by Crippen LogP contribution is -2.30. The normalized spacial score (nSPS) is 15.0. The van der Waals surface area contributed by atoms with E-state index < -0.39 is 0 Å². The predicted octanol–water partition coefficient (Wildman–Crippen LogP) is 8.18. The van der Waals surface area contributed by atoms with Crippen LogP contribution in [-0.2, 0) is 12.8 Å². The number of nitrogens with one attached hydrogen (secondary N) is 1.